The van der Waals surface area contributed by atoms with Gasteiger partial charge in [0, 0.05) is 30.8 Å². The van der Waals surface area contributed by atoms with E-state index in [9.17, 15) is 5.11 Å². The highest BCUT2D eigenvalue weighted by Gasteiger charge is 2.06. The van der Waals surface area contributed by atoms with Crippen LogP contribution < -0.4 is 5.32 Å². The monoisotopic (exact) mass is 321 g/mol. The molecule has 5 heteroatoms. The van der Waals surface area contributed by atoms with Gasteiger partial charge in [-0.2, -0.15) is 0 Å². The van der Waals surface area contributed by atoms with Crippen LogP contribution in [0.4, 0.5) is 0 Å². The van der Waals surface area contributed by atoms with Gasteiger partial charge in [-0.3, -0.25) is 0 Å². The summed E-state index contributed by atoms with van der Waals surface area (Å²) in [5, 5.41) is 13.1. The van der Waals surface area contributed by atoms with Crippen molar-refractivity contribution in [2.24, 2.45) is 0 Å². The number of methoxy groups -OCH3 is 1. The molecule has 0 amide bonds. The molecule has 0 bridgehead atoms. The van der Waals surface area contributed by atoms with E-state index in [-0.39, 0.29) is 12.6 Å². The van der Waals surface area contributed by atoms with Crippen LogP contribution in [0.25, 0.3) is 0 Å². The fourth-order valence-electron chi connectivity index (χ4n) is 1.43. The van der Waals surface area contributed by atoms with E-state index in [1.165, 1.54) is 0 Å². The minimum atomic E-state index is 0.0531. The zero-order valence-corrected chi connectivity index (χ0v) is 12.1. The highest BCUT2D eigenvalue weighted by atomic mass is 79.9. The molecule has 1 aromatic carbocycles. The summed E-state index contributed by atoms with van der Waals surface area (Å²) < 4.78 is 5.87. The third kappa shape index (κ3) is 5.36. The Morgan fingerprint density at radius 3 is 2.88 bits per heavy atom. The first kappa shape index (κ1) is 14.9. The van der Waals surface area contributed by atoms with Crippen LogP contribution in [-0.2, 0) is 11.3 Å². The first-order valence-corrected chi connectivity index (χ1v) is 6.61. The fourth-order valence-corrected chi connectivity index (χ4v) is 1.88. The van der Waals surface area contributed by atoms with Gasteiger partial charge in [0.15, 0.2) is 0 Å². The van der Waals surface area contributed by atoms with E-state index >= 15 is 0 Å². The maximum Gasteiger partial charge on any atom is 0.0585 e. The van der Waals surface area contributed by atoms with Crippen LogP contribution in [0.1, 0.15) is 12.0 Å². The second kappa shape index (κ2) is 8.06. The van der Waals surface area contributed by atoms with E-state index in [1.807, 2.05) is 18.2 Å². The lowest BCUT2D eigenvalue weighted by Gasteiger charge is -2.16. The molecule has 0 fully saturated rings. The molecule has 0 heterocycles. The summed E-state index contributed by atoms with van der Waals surface area (Å²) in [5.41, 5.74) is 1.09. The third-order valence-corrected chi connectivity index (χ3v) is 3.70. The second-order valence-electron chi connectivity index (χ2n) is 3.79. The number of ether oxygens (including phenoxy) is 1. The Balaban J connectivity index is 2.45. The molecule has 17 heavy (non-hydrogen) atoms. The lowest BCUT2D eigenvalue weighted by molar-refractivity contribution is 0.159. The van der Waals surface area contributed by atoms with Crippen molar-refractivity contribution in [3.63, 3.8) is 0 Å². The third-order valence-electron chi connectivity index (χ3n) is 2.47. The Morgan fingerprint density at radius 1 is 1.53 bits per heavy atom. The first-order chi connectivity index (χ1) is 8.17. The molecule has 0 saturated carbocycles. The lowest BCUT2D eigenvalue weighted by atomic mass is 10.2. The van der Waals surface area contributed by atoms with Crippen molar-refractivity contribution in [1.29, 1.82) is 0 Å². The second-order valence-corrected chi connectivity index (χ2v) is 5.05. The van der Waals surface area contributed by atoms with Crippen molar-refractivity contribution in [1.82, 2.24) is 5.32 Å². The standard InChI is InChI=1S/C12H17BrClNO2/c1-17-5-4-10(8-16)15-7-9-2-3-11(13)12(14)6-9/h2-3,6,10,15-16H,4-5,7-8H2,1H3. The van der Waals surface area contributed by atoms with E-state index in [2.05, 4.69) is 21.2 Å². The molecule has 0 aromatic heterocycles. The van der Waals surface area contributed by atoms with Gasteiger partial charge >= 0.3 is 0 Å². The van der Waals surface area contributed by atoms with E-state index < -0.39 is 0 Å². The summed E-state index contributed by atoms with van der Waals surface area (Å²) in [6.45, 7) is 1.43. The van der Waals surface area contributed by atoms with Crippen LogP contribution >= 0.6 is 27.5 Å². The Morgan fingerprint density at radius 2 is 2.29 bits per heavy atom. The van der Waals surface area contributed by atoms with E-state index in [0.29, 0.717) is 18.2 Å². The van der Waals surface area contributed by atoms with E-state index in [0.717, 1.165) is 16.5 Å². The fraction of sp³-hybridized carbons (Fsp3) is 0.500. The quantitative estimate of drug-likeness (QED) is 0.811. The first-order valence-electron chi connectivity index (χ1n) is 5.44. The maximum absolute atomic E-state index is 9.18. The van der Waals surface area contributed by atoms with Crippen LogP contribution in [0.15, 0.2) is 22.7 Å². The van der Waals surface area contributed by atoms with Crippen LogP contribution in [-0.4, -0.2) is 31.5 Å². The summed E-state index contributed by atoms with van der Waals surface area (Å²) in [6.07, 6.45) is 0.789. The average molecular weight is 323 g/mol. The van der Waals surface area contributed by atoms with Gasteiger partial charge in [0.05, 0.1) is 11.6 Å². The molecule has 0 aliphatic rings. The summed E-state index contributed by atoms with van der Waals surface area (Å²) in [7, 11) is 1.66. The molecular formula is C12H17BrClNO2. The van der Waals surface area contributed by atoms with Crippen molar-refractivity contribution in [3.8, 4) is 0 Å². The summed E-state index contributed by atoms with van der Waals surface area (Å²) in [5.74, 6) is 0. The van der Waals surface area contributed by atoms with Crippen LogP contribution in [0.5, 0.6) is 0 Å². The van der Waals surface area contributed by atoms with Gasteiger partial charge in [-0.1, -0.05) is 17.7 Å². The highest BCUT2D eigenvalue weighted by Crippen LogP contribution is 2.23. The Bertz CT molecular complexity index is 349. The van der Waals surface area contributed by atoms with Crippen LogP contribution in [0.2, 0.25) is 5.02 Å². The van der Waals surface area contributed by atoms with Gasteiger partial charge in [0.2, 0.25) is 0 Å². The van der Waals surface area contributed by atoms with E-state index in [1.54, 1.807) is 7.11 Å². The molecule has 1 atom stereocenters. The molecule has 96 valence electrons. The van der Waals surface area contributed by atoms with Crippen LogP contribution in [0.3, 0.4) is 0 Å². The predicted molar refractivity (Wildman–Crippen MR) is 73.4 cm³/mol. The molecular weight excluding hydrogens is 305 g/mol. The van der Waals surface area contributed by atoms with Gasteiger partial charge in [0.25, 0.3) is 0 Å². The molecule has 1 unspecified atom stereocenters. The van der Waals surface area contributed by atoms with Crippen molar-refractivity contribution in [2.75, 3.05) is 20.3 Å². The van der Waals surface area contributed by atoms with Gasteiger partial charge in [-0.15, -0.1) is 0 Å². The largest absolute Gasteiger partial charge is 0.395 e. The molecule has 1 rings (SSSR count). The minimum absolute atomic E-state index is 0.0531. The summed E-state index contributed by atoms with van der Waals surface area (Å²) >= 11 is 9.35. The molecule has 1 aromatic rings. The number of aliphatic hydroxyl groups excluding tert-OH is 1. The number of halogens is 2. The number of hydrogen-bond donors (Lipinski definition) is 2. The summed E-state index contributed by atoms with van der Waals surface area (Å²) in [4.78, 5) is 0. The van der Waals surface area contributed by atoms with Crippen LogP contribution in [0, 0.1) is 0 Å². The molecule has 2 N–H and O–H groups in total. The van der Waals surface area contributed by atoms with Gasteiger partial charge < -0.3 is 15.2 Å². The number of nitrogens with one attached hydrogen (secondary N) is 1. The van der Waals surface area contributed by atoms with Crippen molar-refractivity contribution in [3.05, 3.63) is 33.3 Å². The number of rotatable bonds is 7. The zero-order chi connectivity index (χ0) is 12.7. The smallest absolute Gasteiger partial charge is 0.0585 e. The van der Waals surface area contributed by atoms with Gasteiger partial charge in [-0.05, 0) is 40.0 Å². The van der Waals surface area contributed by atoms with Gasteiger partial charge in [-0.25, -0.2) is 0 Å². The molecule has 0 spiro atoms. The maximum atomic E-state index is 9.18. The van der Waals surface area contributed by atoms with Crippen molar-refractivity contribution >= 4 is 27.5 Å². The molecule has 0 aliphatic carbocycles. The highest BCUT2D eigenvalue weighted by molar-refractivity contribution is 9.10. The topological polar surface area (TPSA) is 41.5 Å². The number of benzene rings is 1. The van der Waals surface area contributed by atoms with Crippen molar-refractivity contribution in [2.45, 2.75) is 19.0 Å². The Hall–Kier alpha value is -0.130. The van der Waals surface area contributed by atoms with Crippen molar-refractivity contribution < 1.29 is 9.84 Å². The molecule has 0 aliphatic heterocycles. The Kier molecular flexibility index (Phi) is 7.08. The minimum Gasteiger partial charge on any atom is -0.395 e. The van der Waals surface area contributed by atoms with Gasteiger partial charge in [0.1, 0.15) is 0 Å². The molecule has 0 radical (unpaired) electrons. The van der Waals surface area contributed by atoms with E-state index in [4.69, 9.17) is 16.3 Å². The number of aliphatic hydroxyl groups is 1. The summed E-state index contributed by atoms with van der Waals surface area (Å²) in [6, 6.07) is 5.87. The predicted octanol–water partition coefficient (Wildman–Crippen LogP) is 2.59. The molecule has 0 saturated heterocycles. The molecule has 3 nitrogen and oxygen atoms in total. The normalized spacial score (nSPS) is 12.7. The number of hydrogen-bond acceptors (Lipinski definition) is 3. The Labute approximate surface area is 115 Å². The average Bonchev–Trinajstić information content (AvgIpc) is 2.34. The lowest BCUT2D eigenvalue weighted by Crippen LogP contribution is -2.33. The zero-order valence-electron chi connectivity index (χ0n) is 9.75. The SMILES string of the molecule is COCCC(CO)NCc1ccc(Br)c(Cl)c1.